The number of nitrogens with one attached hydrogen (secondary N) is 1. The maximum absolute atomic E-state index is 12.8. The molecule has 0 saturated heterocycles. The smallest absolute Gasteiger partial charge is 0.337 e. The summed E-state index contributed by atoms with van der Waals surface area (Å²) >= 11 is 0. The molecule has 2 aromatic carbocycles. The van der Waals surface area contributed by atoms with E-state index in [4.69, 9.17) is 9.15 Å². The van der Waals surface area contributed by atoms with Crippen molar-refractivity contribution in [2.75, 3.05) is 12.4 Å². The standard InChI is InChI=1S/C27H27N3O5/c1-17-6-5-7-20(14-17)15-30-19(3)25(18(2)29-30)28-26(31)24-13-12-23(35-24)16-34-22-10-8-21(9-11-22)27(32)33-4/h5-14H,15-16H2,1-4H3,(H,28,31). The first-order valence-corrected chi connectivity index (χ1v) is 11.1. The molecule has 0 radical (unpaired) electrons. The molecule has 8 heteroatoms. The molecular weight excluding hydrogens is 446 g/mol. The van der Waals surface area contributed by atoms with E-state index in [1.54, 1.807) is 36.4 Å². The molecule has 1 N–H and O–H groups in total. The van der Waals surface area contributed by atoms with Gasteiger partial charge in [-0.1, -0.05) is 29.8 Å². The Morgan fingerprint density at radius 2 is 1.80 bits per heavy atom. The Kier molecular flexibility index (Phi) is 7.01. The molecule has 8 nitrogen and oxygen atoms in total. The summed E-state index contributed by atoms with van der Waals surface area (Å²) < 4.78 is 17.9. The highest BCUT2D eigenvalue weighted by Crippen LogP contribution is 2.22. The fourth-order valence-corrected chi connectivity index (χ4v) is 3.73. The van der Waals surface area contributed by atoms with Crippen LogP contribution in [0.1, 0.15) is 49.2 Å². The van der Waals surface area contributed by atoms with E-state index >= 15 is 0 Å². The van der Waals surface area contributed by atoms with E-state index in [1.165, 1.54) is 12.7 Å². The Labute approximate surface area is 203 Å². The summed E-state index contributed by atoms with van der Waals surface area (Å²) in [6, 6.07) is 18.1. The molecule has 2 aromatic heterocycles. The number of esters is 1. The number of rotatable bonds is 8. The number of aryl methyl sites for hydroxylation is 2. The topological polar surface area (TPSA) is 95.6 Å². The molecular formula is C27H27N3O5. The molecule has 0 aliphatic rings. The predicted octanol–water partition coefficient (Wildman–Crippen LogP) is 5.07. The molecule has 0 aliphatic heterocycles. The van der Waals surface area contributed by atoms with Crippen LogP contribution in [0.5, 0.6) is 5.75 Å². The zero-order valence-electron chi connectivity index (χ0n) is 20.1. The zero-order valence-corrected chi connectivity index (χ0v) is 20.1. The van der Waals surface area contributed by atoms with E-state index < -0.39 is 5.97 Å². The molecule has 0 spiro atoms. The van der Waals surface area contributed by atoms with Gasteiger partial charge in [-0.15, -0.1) is 0 Å². The normalized spacial score (nSPS) is 10.7. The molecule has 35 heavy (non-hydrogen) atoms. The van der Waals surface area contributed by atoms with Crippen molar-refractivity contribution >= 4 is 17.6 Å². The van der Waals surface area contributed by atoms with Gasteiger partial charge in [0.2, 0.25) is 0 Å². The first kappa shape index (κ1) is 23.8. The summed E-state index contributed by atoms with van der Waals surface area (Å²) in [5.41, 5.74) is 5.03. The maximum atomic E-state index is 12.8. The van der Waals surface area contributed by atoms with Crippen LogP contribution in [0.4, 0.5) is 5.69 Å². The van der Waals surface area contributed by atoms with Gasteiger partial charge in [-0.3, -0.25) is 9.48 Å². The number of hydrogen-bond donors (Lipinski definition) is 1. The second-order valence-corrected chi connectivity index (χ2v) is 8.22. The molecule has 1 amide bonds. The van der Waals surface area contributed by atoms with E-state index in [0.29, 0.717) is 29.3 Å². The van der Waals surface area contributed by atoms with E-state index in [1.807, 2.05) is 24.6 Å². The third kappa shape index (κ3) is 5.60. The van der Waals surface area contributed by atoms with Crippen molar-refractivity contribution in [1.82, 2.24) is 9.78 Å². The Hall–Kier alpha value is -4.33. The van der Waals surface area contributed by atoms with Crippen LogP contribution in [0.3, 0.4) is 0 Å². The highest BCUT2D eigenvalue weighted by atomic mass is 16.5. The third-order valence-corrected chi connectivity index (χ3v) is 5.58. The lowest BCUT2D eigenvalue weighted by Gasteiger charge is -2.07. The molecule has 0 atom stereocenters. The van der Waals surface area contributed by atoms with Gasteiger partial charge in [0.15, 0.2) is 5.76 Å². The maximum Gasteiger partial charge on any atom is 0.337 e. The average Bonchev–Trinajstić information content (AvgIpc) is 3.43. The molecule has 180 valence electrons. The van der Waals surface area contributed by atoms with E-state index in [-0.39, 0.29) is 18.3 Å². The van der Waals surface area contributed by atoms with Gasteiger partial charge in [-0.2, -0.15) is 5.10 Å². The number of aromatic nitrogens is 2. The quantitative estimate of drug-likeness (QED) is 0.359. The van der Waals surface area contributed by atoms with Crippen molar-refractivity contribution in [1.29, 1.82) is 0 Å². The van der Waals surface area contributed by atoms with Crippen molar-refractivity contribution in [3.63, 3.8) is 0 Å². The van der Waals surface area contributed by atoms with Crippen molar-refractivity contribution in [3.8, 4) is 5.75 Å². The second kappa shape index (κ2) is 10.3. The Bertz CT molecular complexity index is 1350. The number of carbonyl (C=O) groups is 2. The van der Waals surface area contributed by atoms with Crippen LogP contribution in [0.15, 0.2) is 65.1 Å². The number of amides is 1. The predicted molar refractivity (Wildman–Crippen MR) is 131 cm³/mol. The van der Waals surface area contributed by atoms with Gasteiger partial charge in [0.1, 0.15) is 18.1 Å². The van der Waals surface area contributed by atoms with Crippen LogP contribution < -0.4 is 10.1 Å². The van der Waals surface area contributed by atoms with Crippen molar-refractivity contribution in [3.05, 3.63) is 100 Å². The average molecular weight is 474 g/mol. The highest BCUT2D eigenvalue weighted by molar-refractivity contribution is 6.03. The van der Waals surface area contributed by atoms with E-state index in [2.05, 4.69) is 40.3 Å². The monoisotopic (exact) mass is 473 g/mol. The van der Waals surface area contributed by atoms with Gasteiger partial charge in [-0.05, 0) is 62.7 Å². The number of nitrogens with zero attached hydrogens (tertiary/aromatic N) is 2. The lowest BCUT2D eigenvalue weighted by Crippen LogP contribution is -2.12. The van der Waals surface area contributed by atoms with E-state index in [9.17, 15) is 9.59 Å². The number of ether oxygens (including phenoxy) is 2. The zero-order chi connectivity index (χ0) is 24.9. The number of furan rings is 1. The molecule has 0 aliphatic carbocycles. The summed E-state index contributed by atoms with van der Waals surface area (Å²) in [5.74, 6) is 0.461. The van der Waals surface area contributed by atoms with Gasteiger partial charge < -0.3 is 19.2 Å². The largest absolute Gasteiger partial charge is 0.486 e. The summed E-state index contributed by atoms with van der Waals surface area (Å²) in [5, 5.41) is 7.52. The third-order valence-electron chi connectivity index (χ3n) is 5.58. The molecule has 0 bridgehead atoms. The minimum absolute atomic E-state index is 0.136. The Balaban J connectivity index is 1.38. The van der Waals surface area contributed by atoms with Gasteiger partial charge in [0.25, 0.3) is 5.91 Å². The molecule has 4 aromatic rings. The molecule has 2 heterocycles. The van der Waals surface area contributed by atoms with Crippen molar-refractivity contribution in [2.45, 2.75) is 33.9 Å². The van der Waals surface area contributed by atoms with E-state index in [0.717, 1.165) is 17.0 Å². The van der Waals surface area contributed by atoms with Gasteiger partial charge in [0.05, 0.1) is 36.3 Å². The number of benzene rings is 2. The Morgan fingerprint density at radius 1 is 1.03 bits per heavy atom. The summed E-state index contributed by atoms with van der Waals surface area (Å²) in [4.78, 5) is 24.3. The lowest BCUT2D eigenvalue weighted by atomic mass is 10.1. The number of carbonyl (C=O) groups excluding carboxylic acids is 2. The summed E-state index contributed by atoms with van der Waals surface area (Å²) in [6.07, 6.45) is 0. The molecule has 4 rings (SSSR count). The van der Waals surface area contributed by atoms with Gasteiger partial charge in [-0.25, -0.2) is 4.79 Å². The first-order valence-electron chi connectivity index (χ1n) is 11.1. The fourth-order valence-electron chi connectivity index (χ4n) is 3.73. The highest BCUT2D eigenvalue weighted by Gasteiger charge is 2.18. The Morgan fingerprint density at radius 3 is 2.51 bits per heavy atom. The van der Waals surface area contributed by atoms with Crippen molar-refractivity contribution < 1.29 is 23.5 Å². The van der Waals surface area contributed by atoms with Crippen LogP contribution in [0.2, 0.25) is 0 Å². The van der Waals surface area contributed by atoms with Crippen LogP contribution in [-0.4, -0.2) is 28.8 Å². The summed E-state index contributed by atoms with van der Waals surface area (Å²) in [7, 11) is 1.33. The number of hydrogen-bond acceptors (Lipinski definition) is 6. The SMILES string of the molecule is COC(=O)c1ccc(OCc2ccc(C(=O)Nc3c(C)nn(Cc4cccc(C)c4)c3C)o2)cc1. The van der Waals surface area contributed by atoms with Crippen LogP contribution in [0, 0.1) is 20.8 Å². The van der Waals surface area contributed by atoms with Crippen LogP contribution in [-0.2, 0) is 17.9 Å². The van der Waals surface area contributed by atoms with Crippen LogP contribution in [0.25, 0.3) is 0 Å². The molecule has 0 fully saturated rings. The molecule has 0 unspecified atom stereocenters. The van der Waals surface area contributed by atoms with Gasteiger partial charge >= 0.3 is 5.97 Å². The minimum Gasteiger partial charge on any atom is -0.486 e. The van der Waals surface area contributed by atoms with Gasteiger partial charge in [0, 0.05) is 0 Å². The fraction of sp³-hybridized carbons (Fsp3) is 0.222. The number of methoxy groups -OCH3 is 1. The summed E-state index contributed by atoms with van der Waals surface area (Å²) in [6.45, 7) is 6.60. The first-order chi connectivity index (χ1) is 16.8. The number of anilines is 1. The second-order valence-electron chi connectivity index (χ2n) is 8.22. The van der Waals surface area contributed by atoms with Crippen molar-refractivity contribution in [2.24, 2.45) is 0 Å². The minimum atomic E-state index is -0.413. The van der Waals surface area contributed by atoms with Crippen LogP contribution >= 0.6 is 0 Å². The molecule has 0 saturated carbocycles. The lowest BCUT2D eigenvalue weighted by molar-refractivity contribution is 0.0600.